The zero-order valence-corrected chi connectivity index (χ0v) is 9.60. The van der Waals surface area contributed by atoms with Crippen LogP contribution in [0.5, 0.6) is 11.5 Å². The number of nitrogens with zero attached hydrogens (tertiary/aromatic N) is 1. The first-order valence-electron chi connectivity index (χ1n) is 5.37. The number of aromatic hydroxyl groups is 2. The molecule has 0 saturated carbocycles. The van der Waals surface area contributed by atoms with Gasteiger partial charge in [-0.25, -0.2) is 0 Å². The van der Waals surface area contributed by atoms with E-state index in [2.05, 4.69) is 0 Å². The highest BCUT2D eigenvalue weighted by atomic mass is 16.3. The van der Waals surface area contributed by atoms with E-state index in [0.717, 1.165) is 0 Å². The zero-order valence-electron chi connectivity index (χ0n) is 9.60. The van der Waals surface area contributed by atoms with Crippen molar-refractivity contribution in [3.8, 4) is 11.5 Å². The second-order valence-electron chi connectivity index (χ2n) is 3.56. The quantitative estimate of drug-likeness (QED) is 0.760. The molecule has 1 aromatic carbocycles. The molecule has 0 aliphatic heterocycles. The highest BCUT2D eigenvalue weighted by Gasteiger charge is 2.13. The van der Waals surface area contributed by atoms with Gasteiger partial charge < -0.3 is 15.1 Å². The highest BCUT2D eigenvalue weighted by molar-refractivity contribution is 5.79. The van der Waals surface area contributed by atoms with Gasteiger partial charge in [0.1, 0.15) is 11.5 Å². The molecule has 0 aromatic heterocycles. The summed E-state index contributed by atoms with van der Waals surface area (Å²) in [5.41, 5.74) is 0.455. The molecule has 0 bridgehead atoms. The molecule has 88 valence electrons. The van der Waals surface area contributed by atoms with Gasteiger partial charge in [0.05, 0.1) is 6.42 Å². The van der Waals surface area contributed by atoms with Gasteiger partial charge in [-0.2, -0.15) is 0 Å². The van der Waals surface area contributed by atoms with Gasteiger partial charge in [-0.15, -0.1) is 0 Å². The first-order valence-corrected chi connectivity index (χ1v) is 5.37. The molecule has 2 N–H and O–H groups in total. The van der Waals surface area contributed by atoms with E-state index >= 15 is 0 Å². The summed E-state index contributed by atoms with van der Waals surface area (Å²) < 4.78 is 0. The van der Waals surface area contributed by atoms with Gasteiger partial charge in [0.25, 0.3) is 0 Å². The Kier molecular flexibility index (Phi) is 4.17. The Morgan fingerprint density at radius 3 is 2.44 bits per heavy atom. The molecule has 0 unspecified atom stereocenters. The van der Waals surface area contributed by atoms with Crippen LogP contribution in [0.25, 0.3) is 0 Å². The van der Waals surface area contributed by atoms with Crippen LogP contribution in [-0.2, 0) is 11.2 Å². The van der Waals surface area contributed by atoms with E-state index in [4.69, 9.17) is 0 Å². The molecule has 0 spiro atoms. The monoisotopic (exact) mass is 223 g/mol. The molecule has 1 rings (SSSR count). The van der Waals surface area contributed by atoms with Crippen molar-refractivity contribution in [1.29, 1.82) is 0 Å². The summed E-state index contributed by atoms with van der Waals surface area (Å²) in [6, 6.07) is 4.19. The fourth-order valence-corrected chi connectivity index (χ4v) is 1.56. The minimum absolute atomic E-state index is 0.0401. The van der Waals surface area contributed by atoms with Crippen LogP contribution in [0.4, 0.5) is 0 Å². The third-order valence-electron chi connectivity index (χ3n) is 2.52. The third kappa shape index (κ3) is 2.89. The van der Waals surface area contributed by atoms with E-state index in [1.54, 1.807) is 4.90 Å². The van der Waals surface area contributed by atoms with E-state index in [9.17, 15) is 15.0 Å². The molecule has 0 fully saturated rings. The van der Waals surface area contributed by atoms with E-state index in [1.165, 1.54) is 18.2 Å². The first kappa shape index (κ1) is 12.4. The summed E-state index contributed by atoms with van der Waals surface area (Å²) in [6.07, 6.45) is 0.113. The minimum Gasteiger partial charge on any atom is -0.508 e. The van der Waals surface area contributed by atoms with Crippen molar-refractivity contribution in [2.24, 2.45) is 0 Å². The lowest BCUT2D eigenvalue weighted by Crippen LogP contribution is -2.31. The van der Waals surface area contributed by atoms with Crippen LogP contribution < -0.4 is 0 Å². The Morgan fingerprint density at radius 2 is 1.88 bits per heavy atom. The summed E-state index contributed by atoms with van der Waals surface area (Å²) in [5, 5.41) is 18.8. The van der Waals surface area contributed by atoms with Crippen LogP contribution in [0, 0.1) is 0 Å². The van der Waals surface area contributed by atoms with E-state index in [0.29, 0.717) is 18.7 Å². The standard InChI is InChI=1S/C12H17NO3/c1-3-13(4-2)12(16)8-9-7-10(14)5-6-11(9)15/h5-7,14-15H,3-4,8H2,1-2H3. The van der Waals surface area contributed by atoms with Gasteiger partial charge in [0, 0.05) is 18.7 Å². The van der Waals surface area contributed by atoms with Crippen LogP contribution in [-0.4, -0.2) is 34.1 Å². The highest BCUT2D eigenvalue weighted by Crippen LogP contribution is 2.22. The Hall–Kier alpha value is -1.71. The largest absolute Gasteiger partial charge is 0.508 e. The molecule has 0 heterocycles. The van der Waals surface area contributed by atoms with Gasteiger partial charge in [-0.1, -0.05) is 0 Å². The summed E-state index contributed by atoms with van der Waals surface area (Å²) in [7, 11) is 0. The number of rotatable bonds is 4. The number of hydrogen-bond donors (Lipinski definition) is 2. The molecule has 0 radical (unpaired) electrons. The Bertz CT molecular complexity index is 373. The predicted octanol–water partition coefficient (Wildman–Crippen LogP) is 1.51. The number of amides is 1. The fourth-order valence-electron chi connectivity index (χ4n) is 1.56. The van der Waals surface area contributed by atoms with Crippen molar-refractivity contribution in [3.05, 3.63) is 23.8 Å². The molecule has 1 aromatic rings. The summed E-state index contributed by atoms with van der Waals surface area (Å²) in [6.45, 7) is 5.11. The summed E-state index contributed by atoms with van der Waals surface area (Å²) >= 11 is 0. The van der Waals surface area contributed by atoms with Gasteiger partial charge in [-0.05, 0) is 32.0 Å². The Balaban J connectivity index is 2.80. The molecule has 4 heteroatoms. The number of hydrogen-bond acceptors (Lipinski definition) is 3. The Morgan fingerprint density at radius 1 is 1.25 bits per heavy atom. The van der Waals surface area contributed by atoms with Gasteiger partial charge in [0.2, 0.25) is 5.91 Å². The maximum absolute atomic E-state index is 11.8. The van der Waals surface area contributed by atoms with Crippen molar-refractivity contribution >= 4 is 5.91 Å². The molecule has 0 atom stereocenters. The molecule has 0 aliphatic rings. The van der Waals surface area contributed by atoms with Crippen molar-refractivity contribution in [2.75, 3.05) is 13.1 Å². The van der Waals surface area contributed by atoms with Crippen LogP contribution in [0.3, 0.4) is 0 Å². The minimum atomic E-state index is -0.0501. The zero-order chi connectivity index (χ0) is 12.1. The molecule has 16 heavy (non-hydrogen) atoms. The lowest BCUT2D eigenvalue weighted by Gasteiger charge is -2.18. The van der Waals surface area contributed by atoms with Crippen LogP contribution >= 0.6 is 0 Å². The van der Waals surface area contributed by atoms with Crippen LogP contribution in [0.15, 0.2) is 18.2 Å². The van der Waals surface area contributed by atoms with Crippen molar-refractivity contribution in [2.45, 2.75) is 20.3 Å². The smallest absolute Gasteiger partial charge is 0.227 e. The molecule has 0 aliphatic carbocycles. The van der Waals surface area contributed by atoms with E-state index < -0.39 is 0 Å². The lowest BCUT2D eigenvalue weighted by atomic mass is 10.1. The molecule has 1 amide bonds. The number of phenolic OH excluding ortho intramolecular Hbond substituents is 2. The van der Waals surface area contributed by atoms with Gasteiger partial charge >= 0.3 is 0 Å². The normalized spacial score (nSPS) is 10.1. The first-order chi connectivity index (χ1) is 7.58. The van der Waals surface area contributed by atoms with E-state index in [-0.39, 0.29) is 23.8 Å². The second kappa shape index (κ2) is 5.39. The van der Waals surface area contributed by atoms with Crippen LogP contribution in [0.2, 0.25) is 0 Å². The molecular formula is C12H17NO3. The topological polar surface area (TPSA) is 60.8 Å². The van der Waals surface area contributed by atoms with Crippen molar-refractivity contribution < 1.29 is 15.0 Å². The number of likely N-dealkylation sites (N-methyl/N-ethyl adjacent to an activating group) is 1. The average molecular weight is 223 g/mol. The molecule has 0 saturated heterocycles. The van der Waals surface area contributed by atoms with E-state index in [1.807, 2.05) is 13.8 Å². The maximum Gasteiger partial charge on any atom is 0.227 e. The lowest BCUT2D eigenvalue weighted by molar-refractivity contribution is -0.130. The average Bonchev–Trinajstić information content (AvgIpc) is 2.25. The number of carbonyl (C=O) groups excluding carboxylic acids is 1. The molecular weight excluding hydrogens is 206 g/mol. The number of phenols is 2. The maximum atomic E-state index is 11.8. The third-order valence-corrected chi connectivity index (χ3v) is 2.52. The van der Waals surface area contributed by atoms with Gasteiger partial charge in [0.15, 0.2) is 0 Å². The SMILES string of the molecule is CCN(CC)C(=O)Cc1cc(O)ccc1O. The number of benzene rings is 1. The number of carbonyl (C=O) groups is 1. The summed E-state index contributed by atoms with van der Waals surface area (Å²) in [5.74, 6) is 0.0457. The Labute approximate surface area is 95.1 Å². The summed E-state index contributed by atoms with van der Waals surface area (Å²) in [4.78, 5) is 13.5. The second-order valence-corrected chi connectivity index (χ2v) is 3.56. The molecule has 4 nitrogen and oxygen atoms in total. The van der Waals surface area contributed by atoms with Gasteiger partial charge in [-0.3, -0.25) is 4.79 Å². The van der Waals surface area contributed by atoms with Crippen LogP contribution in [0.1, 0.15) is 19.4 Å². The fraction of sp³-hybridized carbons (Fsp3) is 0.417. The van der Waals surface area contributed by atoms with Crippen molar-refractivity contribution in [1.82, 2.24) is 4.90 Å². The van der Waals surface area contributed by atoms with Crippen molar-refractivity contribution in [3.63, 3.8) is 0 Å². The predicted molar refractivity (Wildman–Crippen MR) is 61.4 cm³/mol.